The van der Waals surface area contributed by atoms with Gasteiger partial charge in [-0.25, -0.2) is 0 Å². The monoisotopic (exact) mass is 352 g/mol. The first-order chi connectivity index (χ1) is 12.0. The second-order valence-corrected chi connectivity index (χ2v) is 7.89. The van der Waals surface area contributed by atoms with Crippen molar-refractivity contribution < 1.29 is 9.53 Å². The molecule has 2 heterocycles. The summed E-state index contributed by atoms with van der Waals surface area (Å²) in [4.78, 5) is 21.7. The summed E-state index contributed by atoms with van der Waals surface area (Å²) in [7, 11) is 1.47. The van der Waals surface area contributed by atoms with Gasteiger partial charge in [-0.15, -0.1) is 0 Å². The first-order valence-electron chi connectivity index (χ1n) is 9.81. The molecule has 2 fully saturated rings. The van der Waals surface area contributed by atoms with Crippen molar-refractivity contribution in [1.29, 1.82) is 0 Å². The predicted molar refractivity (Wildman–Crippen MR) is 102 cm³/mol. The molecule has 6 nitrogen and oxygen atoms in total. The summed E-state index contributed by atoms with van der Waals surface area (Å²) >= 11 is 0. The Morgan fingerprint density at radius 1 is 1.36 bits per heavy atom. The number of nitrogens with one attached hydrogen (secondary N) is 1. The number of esters is 1. The number of rotatable bonds is 6. The molecule has 2 aliphatic heterocycles. The number of carbonyl (C=O) groups excluding carboxylic acids is 1. The lowest BCUT2D eigenvalue weighted by atomic mass is 9.99. The standard InChI is InChI=1S/C19H36N4O2/c1-6-20-19(23-12-15(4)17(13-23)18(24)25-5)21-10-16-8-7-9-22(16)11-14(2)3/h14-17H,6-13H2,1-5H3,(H,20,21)/t15?,16-,17?/m1/s1. The fourth-order valence-corrected chi connectivity index (χ4v) is 4.03. The zero-order valence-electron chi connectivity index (χ0n) is 16.6. The first-order valence-corrected chi connectivity index (χ1v) is 9.81. The normalized spacial score (nSPS) is 28.0. The van der Waals surface area contributed by atoms with Crippen LogP contribution >= 0.6 is 0 Å². The highest BCUT2D eigenvalue weighted by atomic mass is 16.5. The molecule has 2 rings (SSSR count). The molecular weight excluding hydrogens is 316 g/mol. The molecule has 25 heavy (non-hydrogen) atoms. The summed E-state index contributed by atoms with van der Waals surface area (Å²) < 4.78 is 4.95. The van der Waals surface area contributed by atoms with Crippen molar-refractivity contribution in [3.63, 3.8) is 0 Å². The average molecular weight is 353 g/mol. The number of guanidine groups is 1. The van der Waals surface area contributed by atoms with E-state index in [4.69, 9.17) is 9.73 Å². The third kappa shape index (κ3) is 5.33. The number of hydrogen-bond donors (Lipinski definition) is 1. The zero-order valence-corrected chi connectivity index (χ0v) is 16.6. The number of likely N-dealkylation sites (tertiary alicyclic amines) is 2. The van der Waals surface area contributed by atoms with Gasteiger partial charge in [-0.1, -0.05) is 20.8 Å². The molecule has 144 valence electrons. The molecule has 0 radical (unpaired) electrons. The molecule has 2 aliphatic rings. The van der Waals surface area contributed by atoms with E-state index >= 15 is 0 Å². The van der Waals surface area contributed by atoms with Crippen molar-refractivity contribution in [2.24, 2.45) is 22.7 Å². The van der Waals surface area contributed by atoms with E-state index in [1.54, 1.807) is 0 Å². The van der Waals surface area contributed by atoms with E-state index in [-0.39, 0.29) is 11.9 Å². The molecule has 2 unspecified atom stereocenters. The van der Waals surface area contributed by atoms with Crippen LogP contribution in [0.1, 0.15) is 40.5 Å². The summed E-state index contributed by atoms with van der Waals surface area (Å²) in [5.41, 5.74) is 0. The van der Waals surface area contributed by atoms with Crippen molar-refractivity contribution in [1.82, 2.24) is 15.1 Å². The van der Waals surface area contributed by atoms with Gasteiger partial charge in [-0.3, -0.25) is 14.7 Å². The lowest BCUT2D eigenvalue weighted by Gasteiger charge is -2.26. The molecule has 0 saturated carbocycles. The lowest BCUT2D eigenvalue weighted by Crippen LogP contribution is -2.42. The Bertz CT molecular complexity index is 466. The first kappa shape index (κ1) is 20.0. The van der Waals surface area contributed by atoms with Gasteiger partial charge in [0.25, 0.3) is 0 Å². The molecule has 0 bridgehead atoms. The Morgan fingerprint density at radius 3 is 2.76 bits per heavy atom. The molecule has 0 aliphatic carbocycles. The van der Waals surface area contributed by atoms with Gasteiger partial charge in [0.05, 0.1) is 19.6 Å². The number of carbonyl (C=O) groups is 1. The minimum Gasteiger partial charge on any atom is -0.469 e. The van der Waals surface area contributed by atoms with Crippen LogP contribution in [0, 0.1) is 17.8 Å². The fourth-order valence-electron chi connectivity index (χ4n) is 4.03. The molecule has 1 N–H and O–H groups in total. The Balaban J connectivity index is 2.00. The third-order valence-corrected chi connectivity index (χ3v) is 5.30. The van der Waals surface area contributed by atoms with E-state index in [2.05, 4.69) is 42.8 Å². The maximum Gasteiger partial charge on any atom is 0.310 e. The second kappa shape index (κ2) is 9.41. The molecular formula is C19H36N4O2. The second-order valence-electron chi connectivity index (χ2n) is 7.89. The van der Waals surface area contributed by atoms with Crippen molar-refractivity contribution in [3.05, 3.63) is 0 Å². The molecule has 0 aromatic rings. The number of aliphatic imine (C=N–C) groups is 1. The van der Waals surface area contributed by atoms with Crippen molar-refractivity contribution >= 4 is 11.9 Å². The average Bonchev–Trinajstić information content (AvgIpc) is 3.16. The Kier molecular flexibility index (Phi) is 7.54. The molecule has 0 amide bonds. The summed E-state index contributed by atoms with van der Waals surface area (Å²) in [6, 6.07) is 0.549. The number of methoxy groups -OCH3 is 1. The highest BCUT2D eigenvalue weighted by Gasteiger charge is 2.37. The van der Waals surface area contributed by atoms with Crippen LogP contribution in [-0.4, -0.2) is 74.1 Å². The Labute approximate surface area is 153 Å². The van der Waals surface area contributed by atoms with Crippen LogP contribution in [0.5, 0.6) is 0 Å². The van der Waals surface area contributed by atoms with Crippen molar-refractivity contribution in [2.45, 2.75) is 46.6 Å². The summed E-state index contributed by atoms with van der Waals surface area (Å²) in [5, 5.41) is 3.41. The summed E-state index contributed by atoms with van der Waals surface area (Å²) in [5.74, 6) is 1.76. The molecule has 0 spiro atoms. The van der Waals surface area contributed by atoms with Crippen LogP contribution in [0.15, 0.2) is 4.99 Å². The van der Waals surface area contributed by atoms with E-state index in [9.17, 15) is 4.79 Å². The highest BCUT2D eigenvalue weighted by Crippen LogP contribution is 2.24. The molecule has 6 heteroatoms. The molecule has 2 saturated heterocycles. The SMILES string of the molecule is CCNC(=NC[C@H]1CCCN1CC(C)C)N1CC(C)C(C(=O)OC)C1. The van der Waals surface area contributed by atoms with Gasteiger partial charge in [0.2, 0.25) is 0 Å². The van der Waals surface area contributed by atoms with Gasteiger partial charge < -0.3 is 15.0 Å². The number of hydrogen-bond acceptors (Lipinski definition) is 4. The van der Waals surface area contributed by atoms with E-state index in [0.29, 0.717) is 24.4 Å². The Morgan fingerprint density at radius 2 is 2.12 bits per heavy atom. The fraction of sp³-hybridized carbons (Fsp3) is 0.895. The van der Waals surface area contributed by atoms with Crippen molar-refractivity contribution in [2.75, 3.05) is 46.4 Å². The predicted octanol–water partition coefficient (Wildman–Crippen LogP) is 1.81. The van der Waals surface area contributed by atoms with Gasteiger partial charge >= 0.3 is 5.97 Å². The zero-order chi connectivity index (χ0) is 18.4. The van der Waals surface area contributed by atoms with E-state index < -0.39 is 0 Å². The minimum atomic E-state index is -0.107. The summed E-state index contributed by atoms with van der Waals surface area (Å²) in [6.07, 6.45) is 2.51. The Hall–Kier alpha value is -1.30. The van der Waals surface area contributed by atoms with Crippen LogP contribution < -0.4 is 5.32 Å². The smallest absolute Gasteiger partial charge is 0.310 e. The van der Waals surface area contributed by atoms with Crippen LogP contribution in [0.25, 0.3) is 0 Å². The van der Waals surface area contributed by atoms with E-state index in [0.717, 1.165) is 32.1 Å². The number of ether oxygens (including phenoxy) is 1. The van der Waals surface area contributed by atoms with E-state index in [1.165, 1.54) is 26.5 Å². The lowest BCUT2D eigenvalue weighted by molar-refractivity contribution is -0.145. The van der Waals surface area contributed by atoms with E-state index in [1.807, 2.05) is 0 Å². The largest absolute Gasteiger partial charge is 0.469 e. The molecule has 0 aromatic carbocycles. The molecule has 3 atom stereocenters. The van der Waals surface area contributed by atoms with Gasteiger partial charge in [-0.05, 0) is 38.1 Å². The van der Waals surface area contributed by atoms with Gasteiger partial charge in [0, 0.05) is 32.2 Å². The van der Waals surface area contributed by atoms with Gasteiger partial charge in [-0.2, -0.15) is 0 Å². The van der Waals surface area contributed by atoms with Crippen LogP contribution in [0.2, 0.25) is 0 Å². The van der Waals surface area contributed by atoms with Crippen molar-refractivity contribution in [3.8, 4) is 0 Å². The number of nitrogens with zero attached hydrogens (tertiary/aromatic N) is 3. The maximum absolute atomic E-state index is 11.9. The highest BCUT2D eigenvalue weighted by molar-refractivity contribution is 5.82. The van der Waals surface area contributed by atoms with Gasteiger partial charge in [0.15, 0.2) is 5.96 Å². The molecule has 0 aromatic heterocycles. The minimum absolute atomic E-state index is 0.0576. The quantitative estimate of drug-likeness (QED) is 0.449. The van der Waals surface area contributed by atoms with Gasteiger partial charge in [0.1, 0.15) is 0 Å². The van der Waals surface area contributed by atoms with Crippen LogP contribution in [0.4, 0.5) is 0 Å². The van der Waals surface area contributed by atoms with Crippen LogP contribution in [0.3, 0.4) is 0 Å². The van der Waals surface area contributed by atoms with Crippen LogP contribution in [-0.2, 0) is 9.53 Å². The topological polar surface area (TPSA) is 57.2 Å². The third-order valence-electron chi connectivity index (χ3n) is 5.30. The maximum atomic E-state index is 11.9. The summed E-state index contributed by atoms with van der Waals surface area (Å²) in [6.45, 7) is 14.3.